The molecule has 3 heterocycles. The van der Waals surface area contributed by atoms with Crippen molar-refractivity contribution in [1.82, 2.24) is 4.98 Å². The molecule has 1 amide bonds. The van der Waals surface area contributed by atoms with E-state index < -0.39 is 29.5 Å². The number of aryl methyl sites for hydroxylation is 1. The summed E-state index contributed by atoms with van der Waals surface area (Å²) in [5, 5.41) is 11.9. The predicted octanol–water partition coefficient (Wildman–Crippen LogP) is 5.50. The monoisotopic (exact) mass is 586 g/mol. The molecule has 1 aromatic heterocycles. The summed E-state index contributed by atoms with van der Waals surface area (Å²) in [4.78, 5) is 45.1. The van der Waals surface area contributed by atoms with Crippen molar-refractivity contribution < 1.29 is 33.7 Å². The van der Waals surface area contributed by atoms with E-state index in [2.05, 4.69) is 11.6 Å². The van der Waals surface area contributed by atoms with Crippen LogP contribution < -0.4 is 14.4 Å². The Bertz CT molecular complexity index is 1570. The molecule has 0 spiro atoms. The van der Waals surface area contributed by atoms with Crippen LogP contribution in [-0.4, -0.2) is 47.6 Å². The number of Topliss-reactive ketones (excluding diaryl/α,β-unsaturated/α-hetero) is 1. The first-order chi connectivity index (χ1) is 18.7. The lowest BCUT2D eigenvalue weighted by Crippen LogP contribution is -2.29. The zero-order valence-electron chi connectivity index (χ0n) is 20.4. The van der Waals surface area contributed by atoms with Crippen molar-refractivity contribution in [2.75, 3.05) is 24.7 Å². The zero-order valence-corrected chi connectivity index (χ0v) is 22.7. The molecule has 1 unspecified atom stereocenters. The van der Waals surface area contributed by atoms with Crippen LogP contribution in [0.25, 0.3) is 5.76 Å². The molecule has 5 rings (SSSR count). The van der Waals surface area contributed by atoms with Crippen molar-refractivity contribution in [1.29, 1.82) is 0 Å². The molecule has 12 heteroatoms. The van der Waals surface area contributed by atoms with Crippen molar-refractivity contribution in [2.24, 2.45) is 0 Å². The number of amides is 1. The minimum absolute atomic E-state index is 0.00513. The number of thiazole rings is 1. The molecule has 2 aliphatic heterocycles. The van der Waals surface area contributed by atoms with E-state index in [0.29, 0.717) is 36.0 Å². The van der Waals surface area contributed by atoms with Gasteiger partial charge in [0.1, 0.15) is 30.5 Å². The second kappa shape index (κ2) is 10.7. The highest BCUT2D eigenvalue weighted by molar-refractivity contribution is 7.17. The van der Waals surface area contributed by atoms with Crippen molar-refractivity contribution >= 4 is 63.1 Å². The Kier molecular flexibility index (Phi) is 7.35. The number of hydrogen-bond donors (Lipinski definition) is 1. The summed E-state index contributed by atoms with van der Waals surface area (Å²) in [6, 6.07) is 8.19. The molecular weight excluding hydrogens is 567 g/mol. The van der Waals surface area contributed by atoms with Gasteiger partial charge in [-0.25, -0.2) is 9.78 Å². The maximum Gasteiger partial charge on any atom is 0.350 e. The van der Waals surface area contributed by atoms with E-state index in [1.165, 1.54) is 24.3 Å². The molecule has 9 nitrogen and oxygen atoms in total. The number of aromatic nitrogens is 1. The minimum Gasteiger partial charge on any atom is -0.507 e. The summed E-state index contributed by atoms with van der Waals surface area (Å²) in [6.45, 7) is 5.82. The van der Waals surface area contributed by atoms with Crippen molar-refractivity contribution in [3.63, 3.8) is 0 Å². The Morgan fingerprint density at radius 1 is 1.18 bits per heavy atom. The SMILES string of the molecule is C=CCOC(=O)c1sc(N2C(=O)C(=O)/C(=C(/O)c3ccc4c(c3)OCCO4)C2c2ccc(Cl)c(Cl)c2)nc1C. The largest absolute Gasteiger partial charge is 0.507 e. The number of fused-ring (bicyclic) bond motifs is 1. The molecule has 39 heavy (non-hydrogen) atoms. The summed E-state index contributed by atoms with van der Waals surface area (Å²) >= 11 is 13.3. The third-order valence-corrected chi connectivity index (χ3v) is 7.90. The lowest BCUT2D eigenvalue weighted by atomic mass is 9.95. The van der Waals surface area contributed by atoms with Gasteiger partial charge in [0.15, 0.2) is 16.6 Å². The topological polar surface area (TPSA) is 115 Å². The second-order valence-corrected chi connectivity index (χ2v) is 10.3. The van der Waals surface area contributed by atoms with E-state index in [4.69, 9.17) is 37.4 Å². The number of benzene rings is 2. The maximum atomic E-state index is 13.4. The van der Waals surface area contributed by atoms with Gasteiger partial charge in [-0.15, -0.1) is 0 Å². The van der Waals surface area contributed by atoms with Gasteiger partial charge in [-0.2, -0.15) is 0 Å². The number of ether oxygens (including phenoxy) is 3. The highest BCUT2D eigenvalue weighted by atomic mass is 35.5. The summed E-state index contributed by atoms with van der Waals surface area (Å²) in [5.41, 5.74) is 0.752. The van der Waals surface area contributed by atoms with Gasteiger partial charge in [-0.3, -0.25) is 14.5 Å². The highest BCUT2D eigenvalue weighted by Gasteiger charge is 2.48. The molecule has 1 fully saturated rings. The quantitative estimate of drug-likeness (QED) is 0.132. The summed E-state index contributed by atoms with van der Waals surface area (Å²) in [7, 11) is 0. The number of halogens is 2. The van der Waals surface area contributed by atoms with Gasteiger partial charge in [-0.05, 0) is 42.8 Å². The van der Waals surface area contributed by atoms with Crippen molar-refractivity contribution in [3.8, 4) is 11.5 Å². The molecule has 0 radical (unpaired) electrons. The van der Waals surface area contributed by atoms with E-state index in [-0.39, 0.29) is 37.8 Å². The number of esters is 1. The van der Waals surface area contributed by atoms with Crippen LogP contribution in [0.3, 0.4) is 0 Å². The van der Waals surface area contributed by atoms with E-state index in [1.54, 1.807) is 25.1 Å². The van der Waals surface area contributed by atoms with Crippen LogP contribution in [0.4, 0.5) is 5.13 Å². The van der Waals surface area contributed by atoms with E-state index in [1.807, 2.05) is 0 Å². The fourth-order valence-electron chi connectivity index (χ4n) is 4.25. The normalized spacial score (nSPS) is 17.8. The lowest BCUT2D eigenvalue weighted by molar-refractivity contribution is -0.132. The Balaban J connectivity index is 1.66. The summed E-state index contributed by atoms with van der Waals surface area (Å²) in [6.07, 6.45) is 1.43. The molecule has 1 N–H and O–H groups in total. The fraction of sp³-hybridized carbons (Fsp3) is 0.185. The molecule has 3 aromatic rings. The zero-order chi connectivity index (χ0) is 27.8. The van der Waals surface area contributed by atoms with Crippen LogP contribution in [0.5, 0.6) is 11.5 Å². The van der Waals surface area contributed by atoms with Gasteiger partial charge < -0.3 is 19.3 Å². The number of hydrogen-bond acceptors (Lipinski definition) is 9. The smallest absolute Gasteiger partial charge is 0.350 e. The molecule has 200 valence electrons. The highest BCUT2D eigenvalue weighted by Crippen LogP contribution is 2.45. The minimum atomic E-state index is -1.13. The predicted molar refractivity (Wildman–Crippen MR) is 146 cm³/mol. The van der Waals surface area contributed by atoms with Gasteiger partial charge >= 0.3 is 11.9 Å². The van der Waals surface area contributed by atoms with Crippen LogP contribution in [0, 0.1) is 6.92 Å². The molecule has 2 aromatic carbocycles. The molecule has 0 bridgehead atoms. The van der Waals surface area contributed by atoms with E-state index in [0.717, 1.165) is 16.2 Å². The van der Waals surface area contributed by atoms with Crippen LogP contribution >= 0.6 is 34.5 Å². The molecule has 1 atom stereocenters. The number of nitrogens with zero attached hydrogens (tertiary/aromatic N) is 2. The van der Waals surface area contributed by atoms with Crippen LogP contribution in [0.1, 0.15) is 32.5 Å². The third-order valence-electron chi connectivity index (χ3n) is 6.03. The number of rotatable bonds is 6. The molecule has 1 saturated heterocycles. The lowest BCUT2D eigenvalue weighted by Gasteiger charge is -2.23. The molecule has 0 saturated carbocycles. The summed E-state index contributed by atoms with van der Waals surface area (Å²) < 4.78 is 16.3. The number of aliphatic hydroxyl groups is 1. The van der Waals surface area contributed by atoms with Crippen molar-refractivity contribution in [3.05, 3.63) is 86.4 Å². The molecule has 2 aliphatic rings. The first-order valence-electron chi connectivity index (χ1n) is 11.6. The average Bonchev–Trinajstić information content (AvgIpc) is 3.44. The van der Waals surface area contributed by atoms with Gasteiger partial charge in [0.25, 0.3) is 5.78 Å². The first kappa shape index (κ1) is 26.7. The van der Waals surface area contributed by atoms with Gasteiger partial charge in [-0.1, -0.05) is 53.3 Å². The number of carbonyl (C=O) groups excluding carboxylic acids is 3. The Hall–Kier alpha value is -3.86. The maximum absolute atomic E-state index is 13.4. The van der Waals surface area contributed by atoms with Crippen LogP contribution in [0.15, 0.2) is 54.6 Å². The third kappa shape index (κ3) is 4.87. The number of carbonyl (C=O) groups is 3. The summed E-state index contributed by atoms with van der Waals surface area (Å²) in [5.74, 6) is -2.07. The Labute approximate surface area is 236 Å². The molecular formula is C27H20Cl2N2O7S. The second-order valence-electron chi connectivity index (χ2n) is 8.50. The Morgan fingerprint density at radius 3 is 2.64 bits per heavy atom. The van der Waals surface area contributed by atoms with Gasteiger partial charge in [0, 0.05) is 5.56 Å². The van der Waals surface area contributed by atoms with Crippen molar-refractivity contribution in [2.45, 2.75) is 13.0 Å². The number of ketones is 1. The van der Waals surface area contributed by atoms with E-state index in [9.17, 15) is 19.5 Å². The fourth-order valence-corrected chi connectivity index (χ4v) is 5.54. The van der Waals surface area contributed by atoms with Crippen LogP contribution in [-0.2, 0) is 14.3 Å². The number of aliphatic hydroxyl groups excluding tert-OH is 1. The van der Waals surface area contributed by atoms with E-state index >= 15 is 0 Å². The van der Waals surface area contributed by atoms with Gasteiger partial charge in [0.05, 0.1) is 27.4 Å². The first-order valence-corrected chi connectivity index (χ1v) is 13.2. The Morgan fingerprint density at radius 2 is 1.92 bits per heavy atom. The van der Waals surface area contributed by atoms with Crippen LogP contribution in [0.2, 0.25) is 10.0 Å². The number of anilines is 1. The van der Waals surface area contributed by atoms with Gasteiger partial charge in [0.2, 0.25) is 0 Å². The standard InChI is InChI=1S/C27H20Cl2N2O7S/c1-3-8-38-26(35)24-13(2)30-27(39-24)31-21(14-4-6-16(28)17(29)11-14)20(23(33)25(31)34)22(32)15-5-7-18-19(12-15)37-10-9-36-18/h3-7,11-12,21,32H,1,8-10H2,2H3/b22-20+. The molecule has 0 aliphatic carbocycles. The average molecular weight is 587 g/mol.